The van der Waals surface area contributed by atoms with Crippen molar-refractivity contribution in [2.45, 2.75) is 6.61 Å². The van der Waals surface area contributed by atoms with Crippen LogP contribution in [0.2, 0.25) is 0 Å². The van der Waals surface area contributed by atoms with Crippen molar-refractivity contribution in [2.75, 3.05) is 0 Å². The van der Waals surface area contributed by atoms with Gasteiger partial charge in [-0.1, -0.05) is 6.07 Å². The maximum atomic E-state index is 13.6. The quantitative estimate of drug-likeness (QED) is 0.504. The van der Waals surface area contributed by atoms with E-state index >= 15 is 0 Å². The second-order valence-electron chi connectivity index (χ2n) is 5.39. The fraction of sp³-hybridized carbons (Fsp3) is 0.0526. The van der Waals surface area contributed by atoms with Crippen LogP contribution in [-0.4, -0.2) is 9.97 Å². The van der Waals surface area contributed by atoms with Gasteiger partial charge in [-0.3, -0.25) is 4.98 Å². The lowest BCUT2D eigenvalue weighted by Crippen LogP contribution is -1.97. The molecule has 0 fully saturated rings. The minimum absolute atomic E-state index is 0.0122. The molecule has 4 aromatic rings. The van der Waals surface area contributed by atoms with Crippen LogP contribution in [0.4, 0.5) is 8.78 Å². The molecule has 0 aliphatic heterocycles. The number of halogens is 2. The molecule has 4 rings (SSSR count). The van der Waals surface area contributed by atoms with E-state index in [1.54, 1.807) is 12.4 Å². The van der Waals surface area contributed by atoms with Crippen molar-refractivity contribution < 1.29 is 13.5 Å². The van der Waals surface area contributed by atoms with Gasteiger partial charge in [-0.15, -0.1) is 11.3 Å². The zero-order valence-electron chi connectivity index (χ0n) is 12.9. The molecule has 0 bridgehead atoms. The van der Waals surface area contributed by atoms with Crippen LogP contribution in [-0.2, 0) is 6.61 Å². The monoisotopic (exact) mass is 354 g/mol. The van der Waals surface area contributed by atoms with Gasteiger partial charge in [0, 0.05) is 18.5 Å². The maximum absolute atomic E-state index is 13.6. The Labute approximate surface area is 146 Å². The third-order valence-corrected chi connectivity index (χ3v) is 4.70. The molecule has 2 aromatic carbocycles. The number of pyridine rings is 1. The van der Waals surface area contributed by atoms with Crippen LogP contribution < -0.4 is 4.74 Å². The van der Waals surface area contributed by atoms with Gasteiger partial charge < -0.3 is 4.74 Å². The lowest BCUT2D eigenvalue weighted by molar-refractivity contribution is 0.289. The molecule has 0 unspecified atom stereocenters. The van der Waals surface area contributed by atoms with Crippen LogP contribution in [0.3, 0.4) is 0 Å². The van der Waals surface area contributed by atoms with Crippen molar-refractivity contribution in [3.63, 3.8) is 0 Å². The number of ether oxygens (including phenoxy) is 1. The maximum Gasteiger partial charge on any atom is 0.167 e. The third kappa shape index (κ3) is 3.34. The summed E-state index contributed by atoms with van der Waals surface area (Å²) in [5, 5.41) is 0.727. The fourth-order valence-corrected chi connectivity index (χ4v) is 3.35. The van der Waals surface area contributed by atoms with Crippen LogP contribution >= 0.6 is 11.3 Å². The lowest BCUT2D eigenvalue weighted by atomic mass is 10.1. The summed E-state index contributed by atoms with van der Waals surface area (Å²) in [4.78, 5) is 8.56. The topological polar surface area (TPSA) is 35.0 Å². The minimum Gasteiger partial charge on any atom is -0.483 e. The highest BCUT2D eigenvalue weighted by Gasteiger charge is 2.09. The molecule has 6 heteroatoms. The molecule has 0 saturated heterocycles. The first-order valence-electron chi connectivity index (χ1n) is 7.57. The molecule has 0 aliphatic carbocycles. The van der Waals surface area contributed by atoms with Gasteiger partial charge in [0.25, 0.3) is 0 Å². The Kier molecular flexibility index (Phi) is 4.11. The van der Waals surface area contributed by atoms with E-state index in [0.717, 1.165) is 38.5 Å². The van der Waals surface area contributed by atoms with E-state index in [2.05, 4.69) is 9.97 Å². The number of hydrogen-bond acceptors (Lipinski definition) is 4. The Bertz CT molecular complexity index is 1030. The molecule has 2 heterocycles. The van der Waals surface area contributed by atoms with E-state index in [0.29, 0.717) is 0 Å². The summed E-state index contributed by atoms with van der Waals surface area (Å²) in [6.07, 6.45) is 3.49. The Hall–Kier alpha value is -2.86. The normalized spacial score (nSPS) is 11.0. The fourth-order valence-electron chi connectivity index (χ4n) is 2.49. The molecule has 0 atom stereocenters. The van der Waals surface area contributed by atoms with Gasteiger partial charge in [-0.2, -0.15) is 0 Å². The summed E-state index contributed by atoms with van der Waals surface area (Å²) in [6.45, 7) is 0.131. The van der Waals surface area contributed by atoms with Crippen molar-refractivity contribution >= 4 is 21.6 Å². The summed E-state index contributed by atoms with van der Waals surface area (Å²) in [5.74, 6) is -1.34. The van der Waals surface area contributed by atoms with Gasteiger partial charge in [-0.25, -0.2) is 13.8 Å². The highest BCUT2D eigenvalue weighted by Crippen LogP contribution is 2.28. The van der Waals surface area contributed by atoms with Crippen LogP contribution in [0, 0.1) is 11.6 Å². The average molecular weight is 354 g/mol. The molecule has 25 heavy (non-hydrogen) atoms. The number of aromatic nitrogens is 2. The van der Waals surface area contributed by atoms with Crippen LogP contribution in [0.25, 0.3) is 21.3 Å². The van der Waals surface area contributed by atoms with E-state index in [9.17, 15) is 8.78 Å². The smallest absolute Gasteiger partial charge is 0.167 e. The molecular weight excluding hydrogens is 342 g/mol. The number of nitrogens with zero attached hydrogens (tertiary/aromatic N) is 2. The predicted molar refractivity (Wildman–Crippen MR) is 93.5 cm³/mol. The largest absolute Gasteiger partial charge is 0.483 e. The Balaban J connectivity index is 1.57. The van der Waals surface area contributed by atoms with Crippen molar-refractivity contribution in [3.05, 3.63) is 77.6 Å². The van der Waals surface area contributed by atoms with Crippen molar-refractivity contribution in [3.8, 4) is 16.9 Å². The number of hydrogen-bond donors (Lipinski definition) is 0. The van der Waals surface area contributed by atoms with E-state index in [1.807, 2.05) is 30.3 Å². The highest BCUT2D eigenvalue weighted by atomic mass is 32.1. The molecule has 0 radical (unpaired) electrons. The summed E-state index contributed by atoms with van der Waals surface area (Å²) in [6, 6.07) is 13.2. The Morgan fingerprint density at radius 2 is 1.76 bits per heavy atom. The zero-order valence-corrected chi connectivity index (χ0v) is 13.8. The van der Waals surface area contributed by atoms with Gasteiger partial charge in [0.05, 0.1) is 10.2 Å². The van der Waals surface area contributed by atoms with Crippen molar-refractivity contribution in [1.82, 2.24) is 9.97 Å². The molecule has 0 N–H and O–H groups in total. The first-order chi connectivity index (χ1) is 12.2. The van der Waals surface area contributed by atoms with Gasteiger partial charge in [0.1, 0.15) is 17.4 Å². The van der Waals surface area contributed by atoms with E-state index in [1.165, 1.54) is 17.4 Å². The number of rotatable bonds is 4. The average Bonchev–Trinajstić information content (AvgIpc) is 3.04. The molecule has 0 amide bonds. The van der Waals surface area contributed by atoms with E-state index in [4.69, 9.17) is 4.74 Å². The first kappa shape index (κ1) is 15.7. The number of benzene rings is 2. The van der Waals surface area contributed by atoms with Gasteiger partial charge in [0.2, 0.25) is 0 Å². The molecule has 0 aliphatic rings. The van der Waals surface area contributed by atoms with Gasteiger partial charge >= 0.3 is 0 Å². The van der Waals surface area contributed by atoms with Gasteiger partial charge in [0.15, 0.2) is 11.6 Å². The first-order valence-corrected chi connectivity index (χ1v) is 8.38. The standard InChI is InChI=1S/C19H12F2N2OS/c20-14-2-3-17(15(21)10-14)24-11-19-23-16-9-13(1-4-18(16)25-19)12-5-7-22-8-6-12/h1-10H,11H2. The second kappa shape index (κ2) is 6.57. The molecule has 2 aromatic heterocycles. The predicted octanol–water partition coefficient (Wildman–Crippen LogP) is 5.22. The van der Waals surface area contributed by atoms with E-state index < -0.39 is 11.6 Å². The summed E-state index contributed by atoms with van der Waals surface area (Å²) >= 11 is 1.48. The van der Waals surface area contributed by atoms with Crippen molar-refractivity contribution in [1.29, 1.82) is 0 Å². The Morgan fingerprint density at radius 3 is 2.56 bits per heavy atom. The molecule has 0 saturated carbocycles. The molecule has 124 valence electrons. The summed E-state index contributed by atoms with van der Waals surface area (Å²) < 4.78 is 33.0. The van der Waals surface area contributed by atoms with Crippen molar-refractivity contribution in [2.24, 2.45) is 0 Å². The highest BCUT2D eigenvalue weighted by molar-refractivity contribution is 7.18. The summed E-state index contributed by atoms with van der Waals surface area (Å²) in [7, 11) is 0. The van der Waals surface area contributed by atoms with E-state index in [-0.39, 0.29) is 12.4 Å². The third-order valence-electron chi connectivity index (χ3n) is 3.69. The Morgan fingerprint density at radius 1 is 0.920 bits per heavy atom. The SMILES string of the molecule is Fc1ccc(OCc2nc3cc(-c4ccncc4)ccc3s2)c(F)c1. The number of thiazole rings is 1. The minimum atomic E-state index is -0.721. The van der Waals surface area contributed by atoms with Crippen LogP contribution in [0.5, 0.6) is 5.75 Å². The van der Waals surface area contributed by atoms with Gasteiger partial charge in [-0.05, 0) is 47.5 Å². The molecule has 3 nitrogen and oxygen atoms in total. The van der Waals surface area contributed by atoms with Crippen LogP contribution in [0.15, 0.2) is 60.9 Å². The zero-order chi connectivity index (χ0) is 17.2. The number of fused-ring (bicyclic) bond motifs is 1. The second-order valence-corrected chi connectivity index (χ2v) is 6.50. The summed E-state index contributed by atoms with van der Waals surface area (Å²) in [5.41, 5.74) is 2.98. The molecular formula is C19H12F2N2OS. The molecule has 0 spiro atoms. The lowest BCUT2D eigenvalue weighted by Gasteiger charge is -2.04. The van der Waals surface area contributed by atoms with Crippen LogP contribution in [0.1, 0.15) is 5.01 Å².